The molecule has 1 heterocycles. The topological polar surface area (TPSA) is 42.0 Å². The van der Waals surface area contributed by atoms with E-state index in [-0.39, 0.29) is 5.91 Å². The summed E-state index contributed by atoms with van der Waals surface area (Å²) in [6, 6.07) is 11.6. The second-order valence-electron chi connectivity index (χ2n) is 8.34. The lowest BCUT2D eigenvalue weighted by Gasteiger charge is -2.54. The predicted molar refractivity (Wildman–Crippen MR) is 103 cm³/mol. The molecule has 0 spiro atoms. The number of nitrogens with one attached hydrogen (secondary N) is 1. The van der Waals surface area contributed by atoms with Crippen LogP contribution in [0.3, 0.4) is 0 Å². The van der Waals surface area contributed by atoms with E-state index in [1.54, 1.807) is 6.20 Å². The molecule has 2 aromatic rings. The van der Waals surface area contributed by atoms with Crippen LogP contribution in [0.15, 0.2) is 42.6 Å². The number of halogens is 1. The summed E-state index contributed by atoms with van der Waals surface area (Å²) in [4.78, 5) is 17.1. The van der Waals surface area contributed by atoms with Crippen LogP contribution in [0.5, 0.6) is 0 Å². The molecule has 3 nitrogen and oxygen atoms in total. The number of rotatable bonds is 3. The standard InChI is InChI=1S/C22H23ClN2O/c23-19-2-1-7-24-21(19)15-3-5-16(6-4-15)22(26)25-20-17-9-13-8-14(11-17)12-18(20)10-13/h1-7,13-14,17-18,20H,8-12H2,(H,25,26)/t13-,14+,17-,18+,20?. The van der Waals surface area contributed by atoms with Gasteiger partial charge in [0.1, 0.15) is 0 Å². The van der Waals surface area contributed by atoms with Gasteiger partial charge >= 0.3 is 0 Å². The van der Waals surface area contributed by atoms with Gasteiger partial charge < -0.3 is 5.32 Å². The van der Waals surface area contributed by atoms with Crippen molar-refractivity contribution in [2.45, 2.75) is 38.1 Å². The Morgan fingerprint density at radius 3 is 2.23 bits per heavy atom. The van der Waals surface area contributed by atoms with Gasteiger partial charge in [0.2, 0.25) is 0 Å². The van der Waals surface area contributed by atoms with Crippen molar-refractivity contribution in [3.8, 4) is 11.3 Å². The summed E-state index contributed by atoms with van der Waals surface area (Å²) < 4.78 is 0. The molecule has 4 heteroatoms. The maximum absolute atomic E-state index is 12.8. The van der Waals surface area contributed by atoms with E-state index in [0.717, 1.165) is 28.7 Å². The molecular formula is C22H23ClN2O. The molecule has 0 radical (unpaired) electrons. The monoisotopic (exact) mass is 366 g/mol. The minimum absolute atomic E-state index is 0.0566. The van der Waals surface area contributed by atoms with Crippen LogP contribution in [-0.4, -0.2) is 16.9 Å². The predicted octanol–water partition coefficient (Wildman–Crippen LogP) is 4.96. The number of carbonyl (C=O) groups excluding carboxylic acids is 1. The summed E-state index contributed by atoms with van der Waals surface area (Å²) in [7, 11) is 0. The van der Waals surface area contributed by atoms with Crippen molar-refractivity contribution in [3.63, 3.8) is 0 Å². The summed E-state index contributed by atoms with van der Waals surface area (Å²) in [5.41, 5.74) is 2.40. The second kappa shape index (κ2) is 6.38. The Hall–Kier alpha value is -1.87. The highest BCUT2D eigenvalue weighted by Crippen LogP contribution is 2.53. The highest BCUT2D eigenvalue weighted by atomic mass is 35.5. The molecule has 0 saturated heterocycles. The van der Waals surface area contributed by atoms with E-state index in [2.05, 4.69) is 10.3 Å². The van der Waals surface area contributed by atoms with Crippen LogP contribution in [0, 0.1) is 23.7 Å². The number of aromatic nitrogens is 1. The Kier molecular flexibility index (Phi) is 4.00. The Morgan fingerprint density at radius 1 is 0.962 bits per heavy atom. The molecule has 26 heavy (non-hydrogen) atoms. The van der Waals surface area contributed by atoms with E-state index in [1.165, 1.54) is 32.1 Å². The van der Waals surface area contributed by atoms with Crippen molar-refractivity contribution in [1.29, 1.82) is 0 Å². The fourth-order valence-corrected chi connectivity index (χ4v) is 6.00. The van der Waals surface area contributed by atoms with E-state index < -0.39 is 0 Å². The first-order chi connectivity index (χ1) is 12.7. The van der Waals surface area contributed by atoms with Crippen molar-refractivity contribution < 1.29 is 4.79 Å². The third kappa shape index (κ3) is 2.83. The number of nitrogens with zero attached hydrogens (tertiary/aromatic N) is 1. The van der Waals surface area contributed by atoms with Gasteiger partial charge in [-0.15, -0.1) is 0 Å². The summed E-state index contributed by atoms with van der Waals surface area (Å²) in [5, 5.41) is 3.99. The molecule has 1 aromatic carbocycles. The van der Waals surface area contributed by atoms with E-state index in [4.69, 9.17) is 11.6 Å². The first-order valence-corrected chi connectivity index (χ1v) is 10.1. The first-order valence-electron chi connectivity index (χ1n) is 9.69. The van der Waals surface area contributed by atoms with Crippen molar-refractivity contribution in [3.05, 3.63) is 53.2 Å². The Bertz CT molecular complexity index is 804. The van der Waals surface area contributed by atoms with Crippen LogP contribution in [0.2, 0.25) is 5.02 Å². The molecule has 1 amide bonds. The Balaban J connectivity index is 1.31. The normalized spacial score (nSPS) is 31.8. The van der Waals surface area contributed by atoms with Crippen molar-refractivity contribution in [1.82, 2.24) is 10.3 Å². The van der Waals surface area contributed by atoms with Gasteiger partial charge in [-0.3, -0.25) is 9.78 Å². The van der Waals surface area contributed by atoms with Crippen LogP contribution in [-0.2, 0) is 0 Å². The Morgan fingerprint density at radius 2 is 1.62 bits per heavy atom. The molecule has 0 unspecified atom stereocenters. The van der Waals surface area contributed by atoms with Crippen molar-refractivity contribution in [2.24, 2.45) is 23.7 Å². The van der Waals surface area contributed by atoms with Crippen LogP contribution >= 0.6 is 11.6 Å². The average Bonchev–Trinajstić information content (AvgIpc) is 2.64. The lowest BCUT2D eigenvalue weighted by molar-refractivity contribution is -0.0119. The van der Waals surface area contributed by atoms with Gasteiger partial charge in [-0.05, 0) is 80.0 Å². The van der Waals surface area contributed by atoms with Crippen LogP contribution in [0.25, 0.3) is 11.3 Å². The van der Waals surface area contributed by atoms with Crippen molar-refractivity contribution in [2.75, 3.05) is 0 Å². The summed E-state index contributed by atoms with van der Waals surface area (Å²) in [6.45, 7) is 0. The molecule has 4 aliphatic carbocycles. The summed E-state index contributed by atoms with van der Waals surface area (Å²) >= 11 is 6.22. The fraction of sp³-hybridized carbons (Fsp3) is 0.455. The molecular weight excluding hydrogens is 344 g/mol. The van der Waals surface area contributed by atoms with Gasteiger partial charge in [0, 0.05) is 23.4 Å². The third-order valence-electron chi connectivity index (χ3n) is 6.70. The second-order valence-corrected chi connectivity index (χ2v) is 8.75. The maximum Gasteiger partial charge on any atom is 0.251 e. The SMILES string of the molecule is O=C(NC1[C@H]2C[C@@H]3C[C@@H](C[C@H]1C3)C2)c1ccc(-c2ncccc2Cl)cc1. The van der Waals surface area contributed by atoms with Crippen LogP contribution < -0.4 is 5.32 Å². The molecule has 1 N–H and O–H groups in total. The molecule has 0 atom stereocenters. The van der Waals surface area contributed by atoms with Gasteiger partial charge in [0.25, 0.3) is 5.91 Å². The molecule has 4 bridgehead atoms. The lowest BCUT2D eigenvalue weighted by Crippen LogP contribution is -2.55. The van der Waals surface area contributed by atoms with Gasteiger partial charge in [0.05, 0.1) is 10.7 Å². The molecule has 0 aliphatic heterocycles. The quantitative estimate of drug-likeness (QED) is 0.834. The van der Waals surface area contributed by atoms with E-state index >= 15 is 0 Å². The zero-order valence-electron chi connectivity index (χ0n) is 14.7. The van der Waals surface area contributed by atoms with Gasteiger partial charge in [-0.25, -0.2) is 0 Å². The molecule has 134 valence electrons. The zero-order valence-corrected chi connectivity index (χ0v) is 15.5. The van der Waals surface area contributed by atoms with E-state index in [0.29, 0.717) is 22.9 Å². The number of hydrogen-bond donors (Lipinski definition) is 1. The molecule has 4 fully saturated rings. The number of amides is 1. The van der Waals surface area contributed by atoms with Gasteiger partial charge in [0.15, 0.2) is 0 Å². The van der Waals surface area contributed by atoms with Gasteiger partial charge in [-0.1, -0.05) is 23.7 Å². The maximum atomic E-state index is 12.8. The average molecular weight is 367 g/mol. The van der Waals surface area contributed by atoms with Gasteiger partial charge in [-0.2, -0.15) is 0 Å². The lowest BCUT2D eigenvalue weighted by atomic mass is 9.54. The van der Waals surface area contributed by atoms with E-state index in [9.17, 15) is 4.79 Å². The largest absolute Gasteiger partial charge is 0.349 e. The molecule has 4 aliphatic rings. The summed E-state index contributed by atoms with van der Waals surface area (Å²) in [5.74, 6) is 3.30. The van der Waals surface area contributed by atoms with E-state index in [1.807, 2.05) is 36.4 Å². The number of pyridine rings is 1. The zero-order chi connectivity index (χ0) is 17.7. The number of hydrogen-bond acceptors (Lipinski definition) is 2. The van der Waals surface area contributed by atoms with Crippen LogP contribution in [0.4, 0.5) is 0 Å². The smallest absolute Gasteiger partial charge is 0.251 e. The third-order valence-corrected chi connectivity index (χ3v) is 7.01. The highest BCUT2D eigenvalue weighted by molar-refractivity contribution is 6.33. The molecule has 6 rings (SSSR count). The minimum atomic E-state index is 0.0566. The first kappa shape index (κ1) is 16.3. The molecule has 4 saturated carbocycles. The Labute approximate surface area is 159 Å². The number of benzene rings is 1. The minimum Gasteiger partial charge on any atom is -0.349 e. The highest BCUT2D eigenvalue weighted by Gasteiger charge is 2.48. The fourth-order valence-electron chi connectivity index (χ4n) is 5.77. The molecule has 1 aromatic heterocycles. The van der Waals surface area contributed by atoms with Crippen LogP contribution in [0.1, 0.15) is 42.5 Å². The summed E-state index contributed by atoms with van der Waals surface area (Å²) in [6.07, 6.45) is 8.42. The van der Waals surface area contributed by atoms with Crippen molar-refractivity contribution >= 4 is 17.5 Å². The number of carbonyl (C=O) groups is 1.